The van der Waals surface area contributed by atoms with E-state index >= 15 is 0 Å². The minimum atomic E-state index is -0.292. The van der Waals surface area contributed by atoms with Crippen LogP contribution in [0, 0.1) is 0 Å². The Morgan fingerprint density at radius 3 is 2.48 bits per heavy atom. The molecule has 9 heteroatoms. The first kappa shape index (κ1) is 22.8. The first-order valence-corrected chi connectivity index (χ1v) is 11.8. The SMILES string of the molecule is CCNC(=O)c1ccc(-c2ccc(NC(=O)NCc3ccc([As])nc3)cc2)nc1NC1CC1. The summed E-state index contributed by atoms with van der Waals surface area (Å²) in [6, 6.07) is 15.0. The zero-order chi connectivity index (χ0) is 23.2. The number of aromatic nitrogens is 2. The third kappa shape index (κ3) is 6.33. The number of nitrogens with zero attached hydrogens (tertiary/aromatic N) is 2. The second kappa shape index (κ2) is 10.5. The summed E-state index contributed by atoms with van der Waals surface area (Å²) in [7, 11) is 0. The summed E-state index contributed by atoms with van der Waals surface area (Å²) in [6.07, 6.45) is 3.91. The predicted molar refractivity (Wildman–Crippen MR) is 130 cm³/mol. The fourth-order valence-corrected chi connectivity index (χ4v) is 3.47. The van der Waals surface area contributed by atoms with Crippen molar-refractivity contribution in [3.63, 3.8) is 0 Å². The molecule has 2 heterocycles. The standard InChI is InChI=1S/C24H25AsN6O2/c1-2-26-23(32)19-10-11-20(31-22(19)29-17-8-9-17)16-4-6-18(7-5-16)30-24(33)28-14-15-3-12-21(25)27-13-15/h3-7,10-13,17H,2,8-9,14H2,1H3,(H,26,32)(H,29,31)(H2,28,30,33). The fraction of sp³-hybridized carbons (Fsp3) is 0.250. The molecule has 0 spiro atoms. The second-order valence-electron chi connectivity index (χ2n) is 7.78. The number of rotatable bonds is 8. The van der Waals surface area contributed by atoms with Gasteiger partial charge in [0.15, 0.2) is 0 Å². The molecule has 4 rings (SSSR count). The van der Waals surface area contributed by atoms with Gasteiger partial charge in [0, 0.05) is 12.6 Å². The molecule has 0 atom stereocenters. The summed E-state index contributed by atoms with van der Waals surface area (Å²) in [4.78, 5) is 33.5. The van der Waals surface area contributed by atoms with Gasteiger partial charge in [0.05, 0.1) is 11.3 Å². The zero-order valence-corrected chi connectivity index (χ0v) is 20.1. The zero-order valence-electron chi connectivity index (χ0n) is 18.3. The molecule has 0 bridgehead atoms. The smallest absolute Gasteiger partial charge is 0.139 e. The molecule has 1 aliphatic carbocycles. The third-order valence-electron chi connectivity index (χ3n) is 5.10. The Morgan fingerprint density at radius 2 is 1.82 bits per heavy atom. The van der Waals surface area contributed by atoms with E-state index in [1.165, 1.54) is 0 Å². The summed E-state index contributed by atoms with van der Waals surface area (Å²) in [5, 5.41) is 11.8. The van der Waals surface area contributed by atoms with Crippen molar-refractivity contribution in [1.29, 1.82) is 0 Å². The number of urea groups is 1. The van der Waals surface area contributed by atoms with Gasteiger partial charge in [-0.1, -0.05) is 0 Å². The van der Waals surface area contributed by atoms with Crippen LogP contribution < -0.4 is 25.7 Å². The molecule has 1 fully saturated rings. The molecule has 1 aliphatic rings. The van der Waals surface area contributed by atoms with Gasteiger partial charge in [-0.15, -0.1) is 0 Å². The maximum atomic E-state index is 12.4. The monoisotopic (exact) mass is 504 g/mol. The molecule has 1 aromatic carbocycles. The molecular formula is C24H25AsN6O2. The van der Waals surface area contributed by atoms with Gasteiger partial charge in [-0.2, -0.15) is 0 Å². The molecule has 0 unspecified atom stereocenters. The molecule has 0 aliphatic heterocycles. The van der Waals surface area contributed by atoms with Gasteiger partial charge in [-0.05, 0) is 31.9 Å². The van der Waals surface area contributed by atoms with E-state index in [0.717, 1.165) is 34.1 Å². The van der Waals surface area contributed by atoms with E-state index in [9.17, 15) is 9.59 Å². The molecule has 4 N–H and O–H groups in total. The number of carbonyl (C=O) groups is 2. The quantitative estimate of drug-likeness (QED) is 0.353. The second-order valence-corrected chi connectivity index (χ2v) is 8.74. The van der Waals surface area contributed by atoms with E-state index in [0.29, 0.717) is 36.2 Å². The Morgan fingerprint density at radius 1 is 1.03 bits per heavy atom. The van der Waals surface area contributed by atoms with Gasteiger partial charge in [0.25, 0.3) is 5.91 Å². The summed E-state index contributed by atoms with van der Waals surface area (Å²) in [6.45, 7) is 2.85. The maximum Gasteiger partial charge on any atom is 0.139 e. The van der Waals surface area contributed by atoms with Crippen molar-refractivity contribution < 1.29 is 9.59 Å². The Hall–Kier alpha value is -3.38. The number of carbonyl (C=O) groups excluding carboxylic acids is 2. The molecule has 33 heavy (non-hydrogen) atoms. The molecule has 3 amide bonds. The number of amides is 3. The van der Waals surface area contributed by atoms with Crippen molar-refractivity contribution in [2.45, 2.75) is 32.4 Å². The molecule has 168 valence electrons. The summed E-state index contributed by atoms with van der Waals surface area (Å²) in [5.74, 6) is 0.470. The fourth-order valence-electron chi connectivity index (χ4n) is 3.19. The number of anilines is 2. The Labute approximate surface area is 201 Å². The van der Waals surface area contributed by atoms with Crippen LogP contribution in [-0.2, 0) is 6.54 Å². The molecule has 3 aromatic rings. The minimum absolute atomic E-state index is 0.133. The number of benzene rings is 1. The molecule has 2 radical (unpaired) electrons. The van der Waals surface area contributed by atoms with Gasteiger partial charge in [-0.3, -0.25) is 4.79 Å². The van der Waals surface area contributed by atoms with Crippen LogP contribution in [0.3, 0.4) is 0 Å². The van der Waals surface area contributed by atoms with Crippen LogP contribution in [-0.4, -0.2) is 51.3 Å². The van der Waals surface area contributed by atoms with Gasteiger partial charge in [0.2, 0.25) is 0 Å². The largest absolute Gasteiger partial charge is 0.367 e. The summed E-state index contributed by atoms with van der Waals surface area (Å²) >= 11 is 2.38. The van der Waals surface area contributed by atoms with E-state index < -0.39 is 0 Å². The maximum absolute atomic E-state index is 12.4. The van der Waals surface area contributed by atoms with Crippen LogP contribution >= 0.6 is 0 Å². The van der Waals surface area contributed by atoms with Gasteiger partial charge in [0.1, 0.15) is 5.82 Å². The van der Waals surface area contributed by atoms with E-state index in [1.54, 1.807) is 12.3 Å². The first-order chi connectivity index (χ1) is 16.0. The normalized spacial score (nSPS) is 12.7. The third-order valence-corrected chi connectivity index (χ3v) is 5.65. The molecule has 8 nitrogen and oxygen atoms in total. The molecule has 1 saturated carbocycles. The summed E-state index contributed by atoms with van der Waals surface area (Å²) in [5.41, 5.74) is 3.79. The molecule has 2 aromatic heterocycles. The average molecular weight is 504 g/mol. The first-order valence-electron chi connectivity index (χ1n) is 10.9. The van der Waals surface area contributed by atoms with E-state index in [1.807, 2.05) is 49.4 Å². The van der Waals surface area contributed by atoms with Crippen molar-refractivity contribution in [3.8, 4) is 11.3 Å². The number of pyridine rings is 2. The van der Waals surface area contributed by atoms with Crippen LogP contribution in [0.5, 0.6) is 0 Å². The Bertz CT molecular complexity index is 1130. The number of hydrogen-bond donors (Lipinski definition) is 4. The van der Waals surface area contributed by atoms with Crippen molar-refractivity contribution >= 4 is 44.8 Å². The minimum Gasteiger partial charge on any atom is -0.367 e. The predicted octanol–water partition coefficient (Wildman–Crippen LogP) is 2.58. The van der Waals surface area contributed by atoms with Gasteiger partial charge in [-0.25, -0.2) is 4.98 Å². The van der Waals surface area contributed by atoms with Crippen molar-refractivity contribution in [2.75, 3.05) is 17.2 Å². The van der Waals surface area contributed by atoms with E-state index in [4.69, 9.17) is 4.98 Å². The summed E-state index contributed by atoms with van der Waals surface area (Å²) < 4.78 is 0.875. The Kier molecular flexibility index (Phi) is 7.25. The molecular weight excluding hydrogens is 479 g/mol. The van der Waals surface area contributed by atoms with Crippen molar-refractivity contribution in [1.82, 2.24) is 20.6 Å². The van der Waals surface area contributed by atoms with Crippen molar-refractivity contribution in [3.05, 3.63) is 65.9 Å². The van der Waals surface area contributed by atoms with Crippen LogP contribution in [0.25, 0.3) is 11.3 Å². The average Bonchev–Trinajstić information content (AvgIpc) is 3.63. The van der Waals surface area contributed by atoms with E-state index in [-0.39, 0.29) is 11.9 Å². The van der Waals surface area contributed by atoms with Crippen LogP contribution in [0.4, 0.5) is 16.3 Å². The van der Waals surface area contributed by atoms with Crippen molar-refractivity contribution in [2.24, 2.45) is 0 Å². The topological polar surface area (TPSA) is 108 Å². The number of hydrogen-bond acceptors (Lipinski definition) is 5. The van der Waals surface area contributed by atoms with E-state index in [2.05, 4.69) is 43.1 Å². The van der Waals surface area contributed by atoms with Crippen LogP contribution in [0.2, 0.25) is 0 Å². The Balaban J connectivity index is 1.41. The van der Waals surface area contributed by atoms with Crippen LogP contribution in [0.15, 0.2) is 54.7 Å². The number of nitrogens with one attached hydrogen (secondary N) is 4. The van der Waals surface area contributed by atoms with Gasteiger partial charge >= 0.3 is 114 Å². The van der Waals surface area contributed by atoms with Gasteiger partial charge < -0.3 is 10.6 Å². The van der Waals surface area contributed by atoms with Crippen LogP contribution in [0.1, 0.15) is 35.7 Å². The molecule has 0 saturated heterocycles.